The quantitative estimate of drug-likeness (QED) is 0.526. The number of likely N-dealkylation sites (N-methyl/N-ethyl adjacent to an activating group) is 1. The summed E-state index contributed by atoms with van der Waals surface area (Å²) in [5, 5.41) is 2.90. The zero-order valence-electron chi connectivity index (χ0n) is 21.0. The third-order valence-corrected chi connectivity index (χ3v) is 7.06. The van der Waals surface area contributed by atoms with Gasteiger partial charge in [0.15, 0.2) is 0 Å². The van der Waals surface area contributed by atoms with Crippen LogP contribution in [0.15, 0.2) is 24.3 Å². The Hall–Kier alpha value is -2.41. The molecule has 0 radical (unpaired) electrons. The van der Waals surface area contributed by atoms with E-state index in [0.29, 0.717) is 24.7 Å². The van der Waals surface area contributed by atoms with Crippen molar-refractivity contribution >= 4 is 18.3 Å². The van der Waals surface area contributed by atoms with Crippen LogP contribution in [0.3, 0.4) is 0 Å². The molecule has 0 aliphatic heterocycles. The lowest BCUT2D eigenvalue weighted by Crippen LogP contribution is -2.55. The Balaban J connectivity index is 1.54. The third kappa shape index (κ3) is 7.29. The standard InChI is InChI=1S/C27H40N2O5/c1-27(2,3)34-26(32)28-24(25(31)29(4)23-10-7-11-23)20-14-12-19(13-15-20)17-33-18-22-9-6-5-8-21(22)16-30/h5-6,8-9,16,19-20,23-24H,7,10-15,17-18H2,1-4H3,(H,28,32)/t19-,20-,24-/m0/s1. The second kappa shape index (κ2) is 11.8. The monoisotopic (exact) mass is 472 g/mol. The summed E-state index contributed by atoms with van der Waals surface area (Å²) in [6.07, 6.45) is 7.10. The van der Waals surface area contributed by atoms with Gasteiger partial charge in [-0.2, -0.15) is 0 Å². The number of rotatable bonds is 9. The Morgan fingerprint density at radius 1 is 1.12 bits per heavy atom. The smallest absolute Gasteiger partial charge is 0.408 e. The fourth-order valence-electron chi connectivity index (χ4n) is 4.79. The number of carbonyl (C=O) groups excluding carboxylic acids is 3. The van der Waals surface area contributed by atoms with Crippen LogP contribution in [0.2, 0.25) is 0 Å². The van der Waals surface area contributed by atoms with Crippen LogP contribution in [-0.2, 0) is 20.9 Å². The van der Waals surface area contributed by atoms with Gasteiger partial charge in [-0.1, -0.05) is 24.3 Å². The summed E-state index contributed by atoms with van der Waals surface area (Å²) in [5.74, 6) is 0.469. The van der Waals surface area contributed by atoms with Crippen molar-refractivity contribution in [3.63, 3.8) is 0 Å². The Labute approximate surface area is 203 Å². The van der Waals surface area contributed by atoms with Crippen molar-refractivity contribution in [2.24, 2.45) is 11.8 Å². The second-order valence-corrected chi connectivity index (χ2v) is 10.8. The van der Waals surface area contributed by atoms with E-state index in [1.54, 1.807) is 6.07 Å². The molecule has 0 saturated heterocycles. The maximum atomic E-state index is 13.4. The van der Waals surface area contributed by atoms with Gasteiger partial charge in [0.2, 0.25) is 5.91 Å². The average Bonchev–Trinajstić information content (AvgIpc) is 2.75. The molecule has 2 amide bonds. The fraction of sp³-hybridized carbons (Fsp3) is 0.667. The van der Waals surface area contributed by atoms with Crippen molar-refractivity contribution in [3.05, 3.63) is 35.4 Å². The van der Waals surface area contributed by atoms with Crippen molar-refractivity contribution in [1.82, 2.24) is 10.2 Å². The first-order valence-corrected chi connectivity index (χ1v) is 12.5. The minimum Gasteiger partial charge on any atom is -0.444 e. The van der Waals surface area contributed by atoms with Gasteiger partial charge in [0, 0.05) is 25.3 Å². The van der Waals surface area contributed by atoms with Crippen LogP contribution in [0, 0.1) is 11.8 Å². The first-order valence-electron chi connectivity index (χ1n) is 12.5. The molecule has 34 heavy (non-hydrogen) atoms. The van der Waals surface area contributed by atoms with E-state index in [9.17, 15) is 14.4 Å². The maximum absolute atomic E-state index is 13.4. The zero-order chi connectivity index (χ0) is 24.7. The summed E-state index contributed by atoms with van der Waals surface area (Å²) in [6, 6.07) is 7.17. The van der Waals surface area contributed by atoms with E-state index in [0.717, 1.165) is 56.8 Å². The van der Waals surface area contributed by atoms with E-state index in [1.165, 1.54) is 0 Å². The lowest BCUT2D eigenvalue weighted by molar-refractivity contribution is -0.137. The molecule has 1 atom stereocenters. The van der Waals surface area contributed by atoms with E-state index in [1.807, 2.05) is 50.9 Å². The van der Waals surface area contributed by atoms with Crippen LogP contribution in [0.5, 0.6) is 0 Å². The average molecular weight is 473 g/mol. The molecule has 2 aliphatic rings. The molecule has 1 aromatic carbocycles. The van der Waals surface area contributed by atoms with Crippen LogP contribution >= 0.6 is 0 Å². The molecule has 2 fully saturated rings. The van der Waals surface area contributed by atoms with Crippen LogP contribution in [0.4, 0.5) is 4.79 Å². The molecule has 7 heteroatoms. The highest BCUT2D eigenvalue weighted by atomic mass is 16.6. The van der Waals surface area contributed by atoms with Gasteiger partial charge in [-0.15, -0.1) is 0 Å². The number of aldehydes is 1. The number of benzene rings is 1. The van der Waals surface area contributed by atoms with E-state index in [2.05, 4.69) is 5.32 Å². The molecule has 1 N–H and O–H groups in total. The third-order valence-electron chi connectivity index (χ3n) is 7.06. The summed E-state index contributed by atoms with van der Waals surface area (Å²) in [4.78, 5) is 38.9. The zero-order valence-corrected chi connectivity index (χ0v) is 21.0. The molecule has 0 bridgehead atoms. The summed E-state index contributed by atoms with van der Waals surface area (Å²) in [5.41, 5.74) is 0.948. The molecule has 3 rings (SSSR count). The molecule has 188 valence electrons. The fourth-order valence-corrected chi connectivity index (χ4v) is 4.79. The predicted octanol–water partition coefficient (Wildman–Crippen LogP) is 4.73. The highest BCUT2D eigenvalue weighted by molar-refractivity contribution is 5.86. The van der Waals surface area contributed by atoms with Gasteiger partial charge >= 0.3 is 6.09 Å². The normalized spacial score (nSPS) is 21.8. The van der Waals surface area contributed by atoms with Crippen molar-refractivity contribution < 1.29 is 23.9 Å². The lowest BCUT2D eigenvalue weighted by Gasteiger charge is -2.40. The summed E-state index contributed by atoms with van der Waals surface area (Å²) in [7, 11) is 1.85. The van der Waals surface area contributed by atoms with Crippen molar-refractivity contribution in [2.75, 3.05) is 13.7 Å². The Kier molecular flexibility index (Phi) is 9.11. The predicted molar refractivity (Wildman–Crippen MR) is 131 cm³/mol. The minimum atomic E-state index is -0.616. The highest BCUT2D eigenvalue weighted by Crippen LogP contribution is 2.33. The summed E-state index contributed by atoms with van der Waals surface area (Å²) >= 11 is 0. The number of hydrogen-bond acceptors (Lipinski definition) is 5. The molecular formula is C27H40N2O5. The van der Waals surface area contributed by atoms with Gasteiger partial charge in [-0.3, -0.25) is 9.59 Å². The minimum absolute atomic E-state index is 0.0132. The number of carbonyl (C=O) groups is 3. The highest BCUT2D eigenvalue weighted by Gasteiger charge is 2.38. The number of nitrogens with zero attached hydrogens (tertiary/aromatic N) is 1. The SMILES string of the molecule is CN(C(=O)[C@@H](NC(=O)OC(C)(C)C)[C@H]1CC[C@H](COCc2ccccc2C=O)CC1)C1CCC1. The second-order valence-electron chi connectivity index (χ2n) is 10.8. The van der Waals surface area contributed by atoms with Crippen molar-refractivity contribution in [2.45, 2.75) is 90.0 Å². The summed E-state index contributed by atoms with van der Waals surface area (Å²) < 4.78 is 11.4. The van der Waals surface area contributed by atoms with E-state index in [4.69, 9.17) is 9.47 Å². The molecule has 1 aromatic rings. The van der Waals surface area contributed by atoms with Gasteiger partial charge in [-0.05, 0) is 83.1 Å². The van der Waals surface area contributed by atoms with Gasteiger partial charge in [0.05, 0.1) is 6.61 Å². The Morgan fingerprint density at radius 2 is 1.79 bits per heavy atom. The van der Waals surface area contributed by atoms with E-state index >= 15 is 0 Å². The molecule has 0 aromatic heterocycles. The first-order chi connectivity index (χ1) is 16.2. The van der Waals surface area contributed by atoms with Crippen LogP contribution in [-0.4, -0.2) is 54.5 Å². The molecule has 2 aliphatic carbocycles. The molecule has 0 heterocycles. The van der Waals surface area contributed by atoms with Gasteiger partial charge in [0.25, 0.3) is 0 Å². The molecular weight excluding hydrogens is 432 g/mol. The van der Waals surface area contributed by atoms with Gasteiger partial charge < -0.3 is 19.7 Å². The van der Waals surface area contributed by atoms with Crippen LogP contribution in [0.25, 0.3) is 0 Å². The first kappa shape index (κ1) is 26.2. The van der Waals surface area contributed by atoms with Crippen LogP contribution in [0.1, 0.15) is 81.6 Å². The van der Waals surface area contributed by atoms with E-state index < -0.39 is 17.7 Å². The number of ether oxygens (including phenoxy) is 2. The number of amides is 2. The number of nitrogens with one attached hydrogen (secondary N) is 1. The largest absolute Gasteiger partial charge is 0.444 e. The lowest BCUT2D eigenvalue weighted by atomic mass is 9.78. The molecule has 7 nitrogen and oxygen atoms in total. The molecule has 0 spiro atoms. The van der Waals surface area contributed by atoms with Crippen molar-refractivity contribution in [1.29, 1.82) is 0 Å². The Morgan fingerprint density at radius 3 is 2.38 bits per heavy atom. The topological polar surface area (TPSA) is 84.9 Å². The van der Waals surface area contributed by atoms with Gasteiger partial charge in [-0.25, -0.2) is 4.79 Å². The summed E-state index contributed by atoms with van der Waals surface area (Å²) in [6.45, 7) is 6.51. The molecule has 2 saturated carbocycles. The van der Waals surface area contributed by atoms with E-state index in [-0.39, 0.29) is 17.9 Å². The number of alkyl carbamates (subject to hydrolysis) is 1. The molecule has 0 unspecified atom stereocenters. The van der Waals surface area contributed by atoms with Crippen LogP contribution < -0.4 is 5.32 Å². The van der Waals surface area contributed by atoms with Crippen molar-refractivity contribution in [3.8, 4) is 0 Å². The number of hydrogen-bond donors (Lipinski definition) is 1. The van der Waals surface area contributed by atoms with Gasteiger partial charge in [0.1, 0.15) is 17.9 Å². The maximum Gasteiger partial charge on any atom is 0.408 e. The Bertz CT molecular complexity index is 838.